The summed E-state index contributed by atoms with van der Waals surface area (Å²) in [6.45, 7) is 0.294. The second kappa shape index (κ2) is 5.37. The summed E-state index contributed by atoms with van der Waals surface area (Å²) in [6, 6.07) is 4.38. The Balaban J connectivity index is 0.00000128. The maximum Gasteiger partial charge on any atom is 0.407 e. The van der Waals surface area contributed by atoms with Crippen molar-refractivity contribution in [1.29, 1.82) is 0 Å². The minimum atomic E-state index is -0.523. The van der Waals surface area contributed by atoms with Crippen molar-refractivity contribution in [3.8, 4) is 0 Å². The van der Waals surface area contributed by atoms with Crippen LogP contribution in [-0.4, -0.2) is 12.7 Å². The van der Waals surface area contributed by atoms with Crippen LogP contribution in [0.15, 0.2) is 18.2 Å². The summed E-state index contributed by atoms with van der Waals surface area (Å²) in [5.74, 6) is -0.480. The number of amides is 1. The maximum absolute atomic E-state index is 13.6. The fourth-order valence-corrected chi connectivity index (χ4v) is 1.73. The molecule has 1 N–H and O–H groups in total. The Kier molecular flexibility index (Phi) is 4.38. The third kappa shape index (κ3) is 2.57. The molecule has 1 amide bonds. The van der Waals surface area contributed by atoms with E-state index in [-0.39, 0.29) is 23.5 Å². The minimum Gasteiger partial charge on any atom is -0.449 e. The van der Waals surface area contributed by atoms with E-state index >= 15 is 0 Å². The largest absolute Gasteiger partial charge is 0.449 e. The topological polar surface area (TPSA) is 38.3 Å². The first-order valence-corrected chi connectivity index (χ1v) is 4.93. The first-order chi connectivity index (χ1) is 7.18. The molecule has 3 nitrogen and oxygen atoms in total. The molecular weight excluding hydrogens is 256 g/mol. The average molecular weight is 266 g/mol. The highest BCUT2D eigenvalue weighted by molar-refractivity contribution is 6.30. The molecule has 1 aromatic carbocycles. The Morgan fingerprint density at radius 1 is 1.50 bits per heavy atom. The van der Waals surface area contributed by atoms with Crippen molar-refractivity contribution < 1.29 is 13.9 Å². The molecule has 1 fully saturated rings. The normalized spacial score (nSPS) is 19.4. The number of carbonyl (C=O) groups is 1. The number of alkyl carbamates (subject to hydrolysis) is 1. The lowest BCUT2D eigenvalue weighted by atomic mass is 10.0. The third-order valence-corrected chi connectivity index (χ3v) is 2.58. The molecular formula is C10H10Cl2FNO2. The van der Waals surface area contributed by atoms with Gasteiger partial charge in [0.05, 0.1) is 17.7 Å². The van der Waals surface area contributed by atoms with E-state index < -0.39 is 11.9 Å². The quantitative estimate of drug-likeness (QED) is 0.848. The summed E-state index contributed by atoms with van der Waals surface area (Å²) in [7, 11) is 0. The van der Waals surface area contributed by atoms with Crippen molar-refractivity contribution in [3.63, 3.8) is 0 Å². The number of halogens is 3. The smallest absolute Gasteiger partial charge is 0.407 e. The van der Waals surface area contributed by atoms with Crippen LogP contribution in [0.3, 0.4) is 0 Å². The Labute approximate surface area is 103 Å². The first-order valence-electron chi connectivity index (χ1n) is 4.55. The molecule has 0 radical (unpaired) electrons. The van der Waals surface area contributed by atoms with Gasteiger partial charge in [-0.25, -0.2) is 9.18 Å². The van der Waals surface area contributed by atoms with Crippen LogP contribution in [-0.2, 0) is 4.74 Å². The number of nitrogens with one attached hydrogen (secondary N) is 1. The summed E-state index contributed by atoms with van der Waals surface area (Å²) >= 11 is 5.65. The zero-order valence-electron chi connectivity index (χ0n) is 8.20. The summed E-state index contributed by atoms with van der Waals surface area (Å²) in [5.41, 5.74) is 0.402. The fraction of sp³-hybridized carbons (Fsp3) is 0.300. The van der Waals surface area contributed by atoms with E-state index in [0.717, 1.165) is 0 Å². The summed E-state index contributed by atoms with van der Waals surface area (Å²) in [4.78, 5) is 11.0. The van der Waals surface area contributed by atoms with Crippen LogP contribution in [0.1, 0.15) is 18.0 Å². The zero-order chi connectivity index (χ0) is 10.8. The molecule has 1 saturated heterocycles. The molecule has 1 aliphatic rings. The molecule has 16 heavy (non-hydrogen) atoms. The number of hydrogen-bond donors (Lipinski definition) is 1. The predicted molar refractivity (Wildman–Crippen MR) is 60.5 cm³/mol. The van der Waals surface area contributed by atoms with E-state index in [9.17, 15) is 9.18 Å². The third-order valence-electron chi connectivity index (χ3n) is 2.29. The van der Waals surface area contributed by atoms with Crippen LogP contribution in [0.5, 0.6) is 0 Å². The van der Waals surface area contributed by atoms with E-state index in [1.807, 2.05) is 0 Å². The summed E-state index contributed by atoms with van der Waals surface area (Å²) in [6.07, 6.45) is 0.0221. The highest BCUT2D eigenvalue weighted by Crippen LogP contribution is 2.26. The lowest BCUT2D eigenvalue weighted by Gasteiger charge is -2.24. The monoisotopic (exact) mass is 265 g/mol. The standard InChI is InChI=1S/C10H9ClFNO2.ClH/c11-7-3-1-2-6(9(7)12)8-4-5-15-10(14)13-8;/h1-3,8H,4-5H2,(H,13,14);1H/t8-;/m1./s1. The zero-order valence-corrected chi connectivity index (χ0v) is 9.78. The number of cyclic esters (lactones) is 1. The summed E-state index contributed by atoms with van der Waals surface area (Å²) in [5, 5.41) is 2.60. The molecule has 1 aliphatic heterocycles. The van der Waals surface area contributed by atoms with Gasteiger partial charge >= 0.3 is 6.09 Å². The molecule has 0 spiro atoms. The van der Waals surface area contributed by atoms with E-state index in [2.05, 4.69) is 5.32 Å². The van der Waals surface area contributed by atoms with Crippen molar-refractivity contribution in [2.24, 2.45) is 0 Å². The number of carbonyl (C=O) groups excluding carboxylic acids is 1. The van der Waals surface area contributed by atoms with Gasteiger partial charge in [-0.1, -0.05) is 23.7 Å². The highest BCUT2D eigenvalue weighted by atomic mass is 35.5. The second-order valence-corrected chi connectivity index (χ2v) is 3.67. The fourth-order valence-electron chi connectivity index (χ4n) is 1.55. The van der Waals surface area contributed by atoms with Gasteiger partial charge < -0.3 is 10.1 Å². The van der Waals surface area contributed by atoms with Gasteiger partial charge in [-0.2, -0.15) is 0 Å². The van der Waals surface area contributed by atoms with E-state index in [0.29, 0.717) is 18.6 Å². The van der Waals surface area contributed by atoms with Crippen molar-refractivity contribution in [1.82, 2.24) is 5.32 Å². The molecule has 2 rings (SSSR count). The second-order valence-electron chi connectivity index (χ2n) is 3.26. The number of ether oxygens (including phenoxy) is 1. The van der Waals surface area contributed by atoms with Crippen LogP contribution in [0, 0.1) is 5.82 Å². The van der Waals surface area contributed by atoms with Crippen molar-refractivity contribution >= 4 is 30.1 Å². The Morgan fingerprint density at radius 2 is 2.25 bits per heavy atom. The molecule has 0 saturated carbocycles. The molecule has 0 aromatic heterocycles. The van der Waals surface area contributed by atoms with Crippen LogP contribution >= 0.6 is 24.0 Å². The van der Waals surface area contributed by atoms with E-state index in [1.54, 1.807) is 12.1 Å². The Morgan fingerprint density at radius 3 is 2.94 bits per heavy atom. The van der Waals surface area contributed by atoms with Gasteiger partial charge in [-0.15, -0.1) is 12.4 Å². The molecule has 0 unspecified atom stereocenters. The summed E-state index contributed by atoms with van der Waals surface area (Å²) < 4.78 is 18.3. The molecule has 0 aliphatic carbocycles. The Bertz CT molecular complexity index is 400. The molecule has 6 heteroatoms. The van der Waals surface area contributed by atoms with Crippen LogP contribution < -0.4 is 5.32 Å². The maximum atomic E-state index is 13.6. The number of benzene rings is 1. The van der Waals surface area contributed by atoms with Crippen LogP contribution in [0.4, 0.5) is 9.18 Å². The van der Waals surface area contributed by atoms with Gasteiger partial charge in [0.1, 0.15) is 5.82 Å². The van der Waals surface area contributed by atoms with Crippen molar-refractivity contribution in [2.45, 2.75) is 12.5 Å². The van der Waals surface area contributed by atoms with Gasteiger partial charge in [0.2, 0.25) is 0 Å². The van der Waals surface area contributed by atoms with Gasteiger partial charge in [0.25, 0.3) is 0 Å². The van der Waals surface area contributed by atoms with Crippen LogP contribution in [0.2, 0.25) is 5.02 Å². The number of rotatable bonds is 1. The minimum absolute atomic E-state index is 0. The lowest BCUT2D eigenvalue weighted by Crippen LogP contribution is -2.35. The molecule has 1 atom stereocenters. The molecule has 1 aromatic rings. The molecule has 1 heterocycles. The molecule has 0 bridgehead atoms. The highest BCUT2D eigenvalue weighted by Gasteiger charge is 2.23. The van der Waals surface area contributed by atoms with E-state index in [1.165, 1.54) is 6.07 Å². The van der Waals surface area contributed by atoms with Gasteiger partial charge in [-0.3, -0.25) is 0 Å². The van der Waals surface area contributed by atoms with Crippen molar-refractivity contribution in [3.05, 3.63) is 34.6 Å². The lowest BCUT2D eigenvalue weighted by molar-refractivity contribution is 0.115. The Hall–Kier alpha value is -1.00. The predicted octanol–water partition coefficient (Wildman–Crippen LogP) is 3.07. The SMILES string of the molecule is Cl.O=C1N[C@@H](c2cccc(Cl)c2F)CCO1. The van der Waals surface area contributed by atoms with Gasteiger partial charge in [0, 0.05) is 12.0 Å². The van der Waals surface area contributed by atoms with E-state index in [4.69, 9.17) is 16.3 Å². The van der Waals surface area contributed by atoms with Gasteiger partial charge in [-0.05, 0) is 6.07 Å². The van der Waals surface area contributed by atoms with Gasteiger partial charge in [0.15, 0.2) is 0 Å². The first kappa shape index (κ1) is 13.1. The van der Waals surface area contributed by atoms with Crippen LogP contribution in [0.25, 0.3) is 0 Å². The van der Waals surface area contributed by atoms with Crippen molar-refractivity contribution in [2.75, 3.05) is 6.61 Å². The number of hydrogen-bond acceptors (Lipinski definition) is 2. The average Bonchev–Trinajstić information content (AvgIpc) is 2.22. The molecule has 88 valence electrons.